The Labute approximate surface area is 123 Å². The van der Waals surface area contributed by atoms with E-state index < -0.39 is 0 Å². The van der Waals surface area contributed by atoms with E-state index in [4.69, 9.17) is 0 Å². The summed E-state index contributed by atoms with van der Waals surface area (Å²) in [5.41, 5.74) is 8.24. The second kappa shape index (κ2) is 5.05. The van der Waals surface area contributed by atoms with Crippen LogP contribution in [0.5, 0.6) is 0 Å². The largest absolute Gasteiger partial charge is 0.212 e. The Morgan fingerprint density at radius 1 is 0.900 bits per heavy atom. The molecule has 0 spiro atoms. The first-order valence-electron chi connectivity index (χ1n) is 7.29. The predicted octanol–water partition coefficient (Wildman–Crippen LogP) is 4.40. The molecule has 0 N–H and O–H groups in total. The summed E-state index contributed by atoms with van der Waals surface area (Å²) in [5, 5.41) is 0. The molecule has 1 nitrogen and oxygen atoms in total. The van der Waals surface area contributed by atoms with E-state index in [2.05, 4.69) is 83.5 Å². The molecule has 0 fully saturated rings. The molecule has 0 unspecified atom stereocenters. The number of hydrogen-bond donors (Lipinski definition) is 0. The van der Waals surface area contributed by atoms with Crippen molar-refractivity contribution in [1.29, 1.82) is 0 Å². The van der Waals surface area contributed by atoms with Gasteiger partial charge in [0.1, 0.15) is 7.05 Å². The van der Waals surface area contributed by atoms with Crippen molar-refractivity contribution >= 4 is 0 Å². The van der Waals surface area contributed by atoms with E-state index in [1.807, 2.05) is 0 Å². The highest BCUT2D eigenvalue weighted by Gasteiger charge is 2.21. The van der Waals surface area contributed by atoms with Gasteiger partial charge in [-0.05, 0) is 48.1 Å². The van der Waals surface area contributed by atoms with Gasteiger partial charge in [-0.2, -0.15) is 4.57 Å². The molecule has 1 aromatic carbocycles. The average molecular weight is 268 g/mol. The highest BCUT2D eigenvalue weighted by molar-refractivity contribution is 5.64. The lowest BCUT2D eigenvalue weighted by Crippen LogP contribution is -2.34. The van der Waals surface area contributed by atoms with Crippen LogP contribution in [0.15, 0.2) is 30.3 Å². The van der Waals surface area contributed by atoms with Crippen LogP contribution in [0.25, 0.3) is 11.3 Å². The summed E-state index contributed by atoms with van der Waals surface area (Å²) in [4.78, 5) is 0. The monoisotopic (exact) mass is 268 g/mol. The minimum atomic E-state index is 0.176. The second-order valence-corrected chi connectivity index (χ2v) is 6.84. The fourth-order valence-electron chi connectivity index (χ4n) is 2.90. The third kappa shape index (κ3) is 2.63. The molecule has 0 aliphatic carbocycles. The fraction of sp³-hybridized carbons (Fsp3) is 0.421. The molecule has 1 aromatic heterocycles. The van der Waals surface area contributed by atoms with Crippen molar-refractivity contribution < 1.29 is 4.57 Å². The SMILES string of the molecule is Cc1cc(C)c(C(C)(C)C)cc1-c1cccc(C)[n+]1C. The standard InChI is InChI=1S/C19H26N/c1-13-11-14(2)17(19(4,5)6)12-16(13)18-10-8-9-15(3)20(18)7/h8-12H,1-7H3/q+1. The molecular weight excluding hydrogens is 242 g/mol. The summed E-state index contributed by atoms with van der Waals surface area (Å²) in [6, 6.07) is 11.2. The molecule has 2 aromatic rings. The van der Waals surface area contributed by atoms with E-state index in [0.29, 0.717) is 0 Å². The quantitative estimate of drug-likeness (QED) is 0.675. The van der Waals surface area contributed by atoms with Gasteiger partial charge in [0.2, 0.25) is 5.69 Å². The summed E-state index contributed by atoms with van der Waals surface area (Å²) in [7, 11) is 2.14. The zero-order valence-corrected chi connectivity index (χ0v) is 13.8. The Morgan fingerprint density at radius 3 is 2.15 bits per heavy atom. The summed E-state index contributed by atoms with van der Waals surface area (Å²) in [6.45, 7) is 13.4. The highest BCUT2D eigenvalue weighted by atomic mass is 14.9. The minimum Gasteiger partial charge on any atom is -0.199 e. The van der Waals surface area contributed by atoms with E-state index >= 15 is 0 Å². The zero-order valence-electron chi connectivity index (χ0n) is 13.8. The van der Waals surface area contributed by atoms with Crippen molar-refractivity contribution in [1.82, 2.24) is 0 Å². The Hall–Kier alpha value is -1.63. The average Bonchev–Trinajstić information content (AvgIpc) is 2.32. The minimum absolute atomic E-state index is 0.176. The Morgan fingerprint density at radius 2 is 1.55 bits per heavy atom. The molecule has 20 heavy (non-hydrogen) atoms. The number of pyridine rings is 1. The molecule has 0 aliphatic rings. The third-order valence-corrected chi connectivity index (χ3v) is 4.14. The first kappa shape index (κ1) is 14.8. The maximum atomic E-state index is 2.37. The highest BCUT2D eigenvalue weighted by Crippen LogP contribution is 2.31. The van der Waals surface area contributed by atoms with Crippen molar-refractivity contribution in [3.8, 4) is 11.3 Å². The molecule has 0 radical (unpaired) electrons. The first-order valence-corrected chi connectivity index (χ1v) is 7.29. The van der Waals surface area contributed by atoms with Gasteiger partial charge >= 0.3 is 0 Å². The lowest BCUT2D eigenvalue weighted by molar-refractivity contribution is -0.666. The van der Waals surface area contributed by atoms with Crippen molar-refractivity contribution in [2.24, 2.45) is 7.05 Å². The maximum Gasteiger partial charge on any atom is 0.212 e. The van der Waals surface area contributed by atoms with Crippen LogP contribution in [0, 0.1) is 20.8 Å². The molecule has 0 atom stereocenters. The Bertz CT molecular complexity index is 646. The normalized spacial score (nSPS) is 11.8. The van der Waals surface area contributed by atoms with Gasteiger partial charge in [0, 0.05) is 24.6 Å². The molecule has 106 valence electrons. The molecule has 1 heterocycles. The van der Waals surface area contributed by atoms with Crippen LogP contribution >= 0.6 is 0 Å². The van der Waals surface area contributed by atoms with Gasteiger partial charge in [-0.25, -0.2) is 0 Å². The van der Waals surface area contributed by atoms with Gasteiger partial charge in [0.15, 0.2) is 5.69 Å². The van der Waals surface area contributed by atoms with E-state index in [1.165, 1.54) is 33.6 Å². The summed E-state index contributed by atoms with van der Waals surface area (Å²) in [5.74, 6) is 0. The molecule has 0 saturated carbocycles. The fourth-order valence-corrected chi connectivity index (χ4v) is 2.90. The maximum absolute atomic E-state index is 2.37. The number of aryl methyl sites for hydroxylation is 3. The summed E-state index contributed by atoms with van der Waals surface area (Å²) >= 11 is 0. The van der Waals surface area contributed by atoms with Crippen LogP contribution in [-0.2, 0) is 12.5 Å². The van der Waals surface area contributed by atoms with Gasteiger partial charge in [0.25, 0.3) is 0 Å². The van der Waals surface area contributed by atoms with Gasteiger partial charge in [-0.3, -0.25) is 0 Å². The van der Waals surface area contributed by atoms with Crippen LogP contribution in [0.4, 0.5) is 0 Å². The number of benzene rings is 1. The van der Waals surface area contributed by atoms with Gasteiger partial charge in [0.05, 0.1) is 0 Å². The van der Waals surface area contributed by atoms with E-state index in [-0.39, 0.29) is 5.41 Å². The van der Waals surface area contributed by atoms with Crippen LogP contribution in [-0.4, -0.2) is 0 Å². The molecule has 0 saturated heterocycles. The molecule has 0 bridgehead atoms. The Balaban J connectivity index is 2.72. The molecular formula is C19H26N+. The Kier molecular flexibility index (Phi) is 3.73. The molecule has 0 aliphatic heterocycles. The predicted molar refractivity (Wildman–Crippen MR) is 86.0 cm³/mol. The molecule has 1 heteroatoms. The van der Waals surface area contributed by atoms with Crippen molar-refractivity contribution in [2.75, 3.05) is 0 Å². The van der Waals surface area contributed by atoms with Crippen LogP contribution in [0.2, 0.25) is 0 Å². The topological polar surface area (TPSA) is 3.88 Å². The second-order valence-electron chi connectivity index (χ2n) is 6.84. The molecule has 0 amide bonds. The van der Waals surface area contributed by atoms with Crippen LogP contribution in [0.3, 0.4) is 0 Å². The first-order chi connectivity index (χ1) is 9.21. The van der Waals surface area contributed by atoms with Crippen LogP contribution < -0.4 is 4.57 Å². The van der Waals surface area contributed by atoms with Crippen molar-refractivity contribution in [3.05, 3.63) is 52.7 Å². The zero-order chi connectivity index (χ0) is 15.1. The van der Waals surface area contributed by atoms with E-state index in [1.54, 1.807) is 0 Å². The number of aromatic nitrogens is 1. The van der Waals surface area contributed by atoms with E-state index in [9.17, 15) is 0 Å². The third-order valence-electron chi connectivity index (χ3n) is 4.14. The summed E-state index contributed by atoms with van der Waals surface area (Å²) < 4.78 is 2.27. The van der Waals surface area contributed by atoms with Gasteiger partial charge in [-0.15, -0.1) is 0 Å². The van der Waals surface area contributed by atoms with E-state index in [0.717, 1.165) is 0 Å². The number of rotatable bonds is 1. The van der Waals surface area contributed by atoms with Crippen molar-refractivity contribution in [2.45, 2.75) is 47.0 Å². The van der Waals surface area contributed by atoms with Crippen LogP contribution in [0.1, 0.15) is 43.2 Å². The number of nitrogens with zero attached hydrogens (tertiary/aromatic N) is 1. The van der Waals surface area contributed by atoms with Gasteiger partial charge in [-0.1, -0.05) is 26.8 Å². The lowest BCUT2D eigenvalue weighted by Gasteiger charge is -2.23. The van der Waals surface area contributed by atoms with Crippen molar-refractivity contribution in [3.63, 3.8) is 0 Å². The number of hydrogen-bond acceptors (Lipinski definition) is 0. The smallest absolute Gasteiger partial charge is 0.199 e. The van der Waals surface area contributed by atoms with Gasteiger partial charge < -0.3 is 0 Å². The molecule has 2 rings (SSSR count). The summed E-state index contributed by atoms with van der Waals surface area (Å²) in [6.07, 6.45) is 0. The lowest BCUT2D eigenvalue weighted by atomic mass is 9.81.